The highest BCUT2D eigenvalue weighted by molar-refractivity contribution is 7.99. The van der Waals surface area contributed by atoms with Crippen molar-refractivity contribution in [2.75, 3.05) is 37.0 Å². The molecule has 0 spiro atoms. The Morgan fingerprint density at radius 1 is 1.34 bits per heavy atom. The molecule has 4 aliphatic carbocycles. The molecule has 1 aromatic heterocycles. The van der Waals surface area contributed by atoms with E-state index in [0.29, 0.717) is 42.5 Å². The summed E-state index contributed by atoms with van der Waals surface area (Å²) in [6.07, 6.45) is 6.44. The maximum absolute atomic E-state index is 13.2. The van der Waals surface area contributed by atoms with Crippen LogP contribution in [-0.4, -0.2) is 64.7 Å². The number of carbonyl (C=O) groups is 1. The van der Waals surface area contributed by atoms with Crippen molar-refractivity contribution in [2.24, 2.45) is 17.8 Å². The first-order valence-electron chi connectivity index (χ1n) is 10.9. The summed E-state index contributed by atoms with van der Waals surface area (Å²) in [5, 5.41) is 14.7. The molecule has 5 atom stereocenters. The van der Waals surface area contributed by atoms with Gasteiger partial charge in [-0.25, -0.2) is 9.97 Å². The molecule has 1 amide bonds. The largest absolute Gasteiger partial charge is 0.390 e. The highest BCUT2D eigenvalue weighted by atomic mass is 32.2. The molecule has 5 aliphatic rings. The van der Waals surface area contributed by atoms with Crippen LogP contribution >= 0.6 is 11.8 Å². The van der Waals surface area contributed by atoms with E-state index in [1.165, 1.54) is 0 Å². The number of nitrogens with zero attached hydrogens (tertiary/aromatic N) is 3. The van der Waals surface area contributed by atoms with Crippen molar-refractivity contribution >= 4 is 23.6 Å². The van der Waals surface area contributed by atoms with Crippen molar-refractivity contribution in [1.82, 2.24) is 15.3 Å². The van der Waals surface area contributed by atoms with Crippen molar-refractivity contribution in [2.45, 2.75) is 55.7 Å². The fourth-order valence-electron chi connectivity index (χ4n) is 5.95. The van der Waals surface area contributed by atoms with Gasteiger partial charge in [0.2, 0.25) is 5.95 Å². The van der Waals surface area contributed by atoms with E-state index in [1.54, 1.807) is 18.0 Å². The van der Waals surface area contributed by atoms with E-state index in [0.717, 1.165) is 56.0 Å². The number of anilines is 1. The number of hydrogen-bond donors (Lipinski definition) is 2. The number of aliphatic hydroxyl groups is 1. The molecular formula is C21H30N4O3S. The molecule has 1 saturated heterocycles. The van der Waals surface area contributed by atoms with E-state index in [4.69, 9.17) is 9.72 Å². The minimum absolute atomic E-state index is 0.0647. The fourth-order valence-corrected chi connectivity index (χ4v) is 6.79. The first kappa shape index (κ1) is 19.6. The number of aromatic nitrogens is 2. The fraction of sp³-hybridized carbons (Fsp3) is 0.762. The van der Waals surface area contributed by atoms with E-state index in [2.05, 4.69) is 22.1 Å². The monoisotopic (exact) mass is 418 g/mol. The zero-order valence-corrected chi connectivity index (χ0v) is 17.8. The Hall–Kier alpha value is -1.38. The highest BCUT2D eigenvalue weighted by Gasteiger charge is 2.60. The van der Waals surface area contributed by atoms with Gasteiger partial charge in [-0.2, -0.15) is 0 Å². The van der Waals surface area contributed by atoms with Gasteiger partial charge in [-0.15, -0.1) is 11.8 Å². The van der Waals surface area contributed by atoms with Crippen molar-refractivity contribution < 1.29 is 14.6 Å². The molecule has 4 bridgehead atoms. The Morgan fingerprint density at radius 3 is 2.90 bits per heavy atom. The summed E-state index contributed by atoms with van der Waals surface area (Å²) in [6, 6.07) is 0.179. The number of rotatable bonds is 6. The van der Waals surface area contributed by atoms with E-state index in [-0.39, 0.29) is 11.9 Å². The topological polar surface area (TPSA) is 87.6 Å². The van der Waals surface area contributed by atoms with Crippen LogP contribution in [0, 0.1) is 17.8 Å². The van der Waals surface area contributed by atoms with Crippen molar-refractivity contribution in [3.8, 4) is 0 Å². The second kappa shape index (κ2) is 7.71. The van der Waals surface area contributed by atoms with Crippen LogP contribution in [0.15, 0.2) is 11.2 Å². The van der Waals surface area contributed by atoms with Crippen molar-refractivity contribution in [3.63, 3.8) is 0 Å². The molecule has 0 aromatic carbocycles. The van der Waals surface area contributed by atoms with Gasteiger partial charge in [0.25, 0.3) is 5.91 Å². The van der Waals surface area contributed by atoms with Crippen LogP contribution in [0.3, 0.4) is 0 Å². The second-order valence-corrected chi connectivity index (χ2v) is 10.2. The Balaban J connectivity index is 1.34. The third-order valence-corrected chi connectivity index (χ3v) is 8.30. The first-order chi connectivity index (χ1) is 14.1. The Labute approximate surface area is 176 Å². The average Bonchev–Trinajstić information content (AvgIpc) is 3.11. The lowest BCUT2D eigenvalue weighted by Crippen LogP contribution is -2.48. The minimum Gasteiger partial charge on any atom is -0.390 e. The molecule has 1 unspecified atom stereocenters. The van der Waals surface area contributed by atoms with Crippen LogP contribution in [-0.2, 0) is 4.74 Å². The van der Waals surface area contributed by atoms with E-state index in [9.17, 15) is 9.90 Å². The number of carbonyl (C=O) groups excluding carboxylic acids is 1. The zero-order valence-electron chi connectivity index (χ0n) is 17.0. The second-order valence-electron chi connectivity index (χ2n) is 9.09. The molecule has 2 N–H and O–H groups in total. The van der Waals surface area contributed by atoms with Gasteiger partial charge in [-0.1, -0.05) is 6.92 Å². The summed E-state index contributed by atoms with van der Waals surface area (Å²) in [7, 11) is 0. The summed E-state index contributed by atoms with van der Waals surface area (Å²) in [5.41, 5.74) is 0.112. The molecule has 158 valence electrons. The molecule has 8 heteroatoms. The Morgan fingerprint density at radius 2 is 2.14 bits per heavy atom. The van der Waals surface area contributed by atoms with Gasteiger partial charge in [0.1, 0.15) is 5.03 Å². The Kier molecular flexibility index (Phi) is 5.20. The summed E-state index contributed by atoms with van der Waals surface area (Å²) >= 11 is 1.63. The quantitative estimate of drug-likeness (QED) is 0.540. The van der Waals surface area contributed by atoms with Crippen LogP contribution in [0.4, 0.5) is 5.95 Å². The van der Waals surface area contributed by atoms with Crippen LogP contribution in [0.25, 0.3) is 0 Å². The summed E-state index contributed by atoms with van der Waals surface area (Å²) < 4.78 is 5.42. The number of ether oxygens (including phenoxy) is 1. The molecular weight excluding hydrogens is 388 g/mol. The number of thioether (sulfide) groups is 1. The molecule has 29 heavy (non-hydrogen) atoms. The highest BCUT2D eigenvalue weighted by Crippen LogP contribution is 2.59. The molecule has 7 nitrogen and oxygen atoms in total. The lowest BCUT2D eigenvalue weighted by Gasteiger charge is -2.38. The first-order valence-corrected chi connectivity index (χ1v) is 11.9. The lowest BCUT2D eigenvalue weighted by atomic mass is 9.76. The van der Waals surface area contributed by atoms with E-state index < -0.39 is 5.60 Å². The third-order valence-electron chi connectivity index (χ3n) is 7.10. The van der Waals surface area contributed by atoms with Crippen LogP contribution in [0.2, 0.25) is 0 Å². The van der Waals surface area contributed by atoms with E-state index >= 15 is 0 Å². The number of amides is 1. The van der Waals surface area contributed by atoms with E-state index in [1.807, 2.05) is 0 Å². The van der Waals surface area contributed by atoms with Gasteiger partial charge in [0.05, 0.1) is 24.4 Å². The predicted octanol–water partition coefficient (Wildman–Crippen LogP) is 2.09. The summed E-state index contributed by atoms with van der Waals surface area (Å²) in [5.74, 6) is 2.93. The number of nitrogens with one attached hydrogen (secondary N) is 1. The van der Waals surface area contributed by atoms with Gasteiger partial charge in [0, 0.05) is 25.3 Å². The van der Waals surface area contributed by atoms with Crippen molar-refractivity contribution in [3.05, 3.63) is 11.8 Å². The molecule has 6 rings (SSSR count). The molecule has 5 fully saturated rings. The molecule has 0 radical (unpaired) electrons. The van der Waals surface area contributed by atoms with Gasteiger partial charge in [-0.05, 0) is 55.6 Å². The summed E-state index contributed by atoms with van der Waals surface area (Å²) in [4.78, 5) is 24.6. The zero-order chi connectivity index (χ0) is 20.0. The maximum atomic E-state index is 13.2. The Bertz CT molecular complexity index is 783. The van der Waals surface area contributed by atoms with Gasteiger partial charge in [0.15, 0.2) is 0 Å². The maximum Gasteiger partial charge on any atom is 0.255 e. The average molecular weight is 419 g/mol. The van der Waals surface area contributed by atoms with Gasteiger partial charge < -0.3 is 20.1 Å². The van der Waals surface area contributed by atoms with Crippen LogP contribution in [0.1, 0.15) is 49.4 Å². The predicted molar refractivity (Wildman–Crippen MR) is 111 cm³/mol. The molecule has 1 aromatic rings. The van der Waals surface area contributed by atoms with Gasteiger partial charge in [-0.3, -0.25) is 4.79 Å². The SMILES string of the molecule is CCCSc1nc(N2CCOCC2)ncc1C(=O)N[C@@H]1[C@@H]2CC3C[C@@](O)(C2)C[C@H]31. The third kappa shape index (κ3) is 3.64. The molecule has 4 saturated carbocycles. The lowest BCUT2D eigenvalue weighted by molar-refractivity contribution is -0.0192. The molecule has 2 heterocycles. The normalized spacial score (nSPS) is 35.3. The smallest absolute Gasteiger partial charge is 0.255 e. The van der Waals surface area contributed by atoms with Crippen LogP contribution < -0.4 is 10.2 Å². The van der Waals surface area contributed by atoms with Crippen molar-refractivity contribution in [1.29, 1.82) is 0 Å². The molecule has 1 aliphatic heterocycles. The standard InChI is InChI=1S/C21H30N4O3S/c1-2-7-29-19-16(12-22-20(24-19)25-3-5-28-6-4-25)18(26)23-17-14-8-13-9-21(27,10-14)11-15(13)17/h12-15,17,27H,2-11H2,1H3,(H,23,26)/t13?,14-,15-,17-,21-/m1/s1. The van der Waals surface area contributed by atoms with Crippen LogP contribution in [0.5, 0.6) is 0 Å². The number of hydrogen-bond acceptors (Lipinski definition) is 7. The minimum atomic E-state index is -0.468. The number of morpholine rings is 1. The summed E-state index contributed by atoms with van der Waals surface area (Å²) in [6.45, 7) is 5.05. The van der Waals surface area contributed by atoms with Gasteiger partial charge >= 0.3 is 0 Å².